The van der Waals surface area contributed by atoms with Crippen molar-refractivity contribution >= 4 is 44.9 Å². The monoisotopic (exact) mass is 968 g/mol. The zero-order chi connectivity index (χ0) is 49.2. The van der Waals surface area contributed by atoms with Crippen molar-refractivity contribution in [1.29, 1.82) is 0 Å². The van der Waals surface area contributed by atoms with Gasteiger partial charge in [-0.2, -0.15) is 8.78 Å². The number of ether oxygens (including phenoxy) is 2. The number of alkyl halides is 2. The van der Waals surface area contributed by atoms with Crippen LogP contribution in [-0.2, 0) is 41.4 Å². The second-order valence-electron chi connectivity index (χ2n) is 19.9. The molecule has 3 fully saturated rings. The van der Waals surface area contributed by atoms with Crippen molar-refractivity contribution in [2.24, 2.45) is 17.3 Å². The number of sulfone groups is 1. The Morgan fingerprint density at radius 2 is 1.57 bits per heavy atom. The number of alkyl carbamates (subject to hydrolysis) is 2. The molecule has 3 aromatic carbocycles. The highest BCUT2D eigenvalue weighted by Gasteiger charge is 2.55. The Labute approximate surface area is 399 Å². The van der Waals surface area contributed by atoms with E-state index in [9.17, 15) is 27.6 Å². The number of carbonyl (C=O) groups excluding carboxylic acids is 4. The van der Waals surface area contributed by atoms with E-state index in [1.807, 2.05) is 32.0 Å². The highest BCUT2D eigenvalue weighted by molar-refractivity contribution is 7.90. The lowest BCUT2D eigenvalue weighted by Gasteiger charge is -2.32. The average Bonchev–Trinajstić information content (AvgIpc) is 3.83. The quantitative estimate of drug-likeness (QED) is 0.0847. The van der Waals surface area contributed by atoms with E-state index in [1.165, 1.54) is 26.4 Å². The number of imidazole rings is 2. The van der Waals surface area contributed by atoms with Crippen molar-refractivity contribution in [3.8, 4) is 33.5 Å². The Balaban J connectivity index is 0.944. The molecule has 1 saturated heterocycles. The van der Waals surface area contributed by atoms with E-state index in [4.69, 9.17) is 14.5 Å². The highest BCUT2D eigenvalue weighted by atomic mass is 32.2. The van der Waals surface area contributed by atoms with Crippen LogP contribution in [0.25, 0.3) is 44.5 Å². The summed E-state index contributed by atoms with van der Waals surface area (Å²) < 4.78 is 67.1. The summed E-state index contributed by atoms with van der Waals surface area (Å²) in [5.74, 6) is -3.10. The Bertz CT molecular complexity index is 2950. The first-order chi connectivity index (χ1) is 32.8. The van der Waals surface area contributed by atoms with Crippen LogP contribution in [0.4, 0.5) is 18.4 Å². The molecule has 69 heavy (non-hydrogen) atoms. The molecule has 4 N–H and O–H groups in total. The van der Waals surface area contributed by atoms with Gasteiger partial charge in [0.05, 0.1) is 55.5 Å². The Hall–Kier alpha value is -6.37. The van der Waals surface area contributed by atoms with E-state index in [0.29, 0.717) is 75.1 Å². The fraction of sp³-hybridized carbons (Fsp3) is 0.480. The van der Waals surface area contributed by atoms with E-state index >= 15 is 8.78 Å². The zero-order valence-corrected chi connectivity index (χ0v) is 40.3. The van der Waals surface area contributed by atoms with Gasteiger partial charge in [-0.15, -0.1) is 0 Å². The summed E-state index contributed by atoms with van der Waals surface area (Å²) in [5, 5.41) is 5.23. The van der Waals surface area contributed by atoms with Gasteiger partial charge in [-0.1, -0.05) is 51.1 Å². The number of hydrogen-bond donors (Lipinski definition) is 4. The lowest BCUT2D eigenvalue weighted by molar-refractivity contribution is -0.137. The molecule has 2 aromatic heterocycles. The molecule has 3 heterocycles. The predicted octanol–water partition coefficient (Wildman–Crippen LogP) is 7.85. The van der Waals surface area contributed by atoms with Gasteiger partial charge in [0.1, 0.15) is 33.6 Å². The van der Waals surface area contributed by atoms with Gasteiger partial charge >= 0.3 is 12.2 Å². The summed E-state index contributed by atoms with van der Waals surface area (Å²) in [7, 11) is -1.02. The van der Waals surface area contributed by atoms with Crippen molar-refractivity contribution in [2.45, 2.75) is 102 Å². The molecule has 1 spiro atoms. The normalized spacial score (nSPS) is 20.7. The standard InChI is InChI=1S/C50H58F2N8O8S/c1-27(2)43(58-48(64)68-5)46(62)60-26-49(16-17-49)23-41(60)44-53-24-40(56-44)31-9-13-34-33-12-8-29(20-35(33)50(51,52)36(34)21-31)30-10-14-37-39(22-30)55-42(54-37)25-59(32-11-7-28(3)19-32)45(61)38(57-47(63)67-4)15-18-69(6,65)66/h8-10,12-14,20-22,24,27-28,32,38,41,43H,7,11,15-19,23,25-26H2,1-6H3,(H,53,56)(H,54,55)(H,57,63)(H,58,64)/t28-,32+,38-,41-,43-/m0/s1. The van der Waals surface area contributed by atoms with Gasteiger partial charge < -0.3 is 39.9 Å². The number of amides is 4. The number of H-pyrrole nitrogens is 2. The smallest absolute Gasteiger partial charge is 0.407 e. The molecule has 0 radical (unpaired) electrons. The molecular weight excluding hydrogens is 911 g/mol. The van der Waals surface area contributed by atoms with E-state index in [-0.39, 0.29) is 59.2 Å². The minimum Gasteiger partial charge on any atom is -0.453 e. The molecule has 9 rings (SSSR count). The highest BCUT2D eigenvalue weighted by Crippen LogP contribution is 2.59. The number of aromatic nitrogens is 4. The van der Waals surface area contributed by atoms with Gasteiger partial charge in [0.15, 0.2) is 0 Å². The summed E-state index contributed by atoms with van der Waals surface area (Å²) in [4.78, 5) is 72.2. The first kappa shape index (κ1) is 47.7. The molecule has 4 amide bonds. The molecule has 19 heteroatoms. The summed E-state index contributed by atoms with van der Waals surface area (Å²) in [6, 6.07) is 13.0. The molecule has 0 bridgehead atoms. The molecule has 1 aliphatic heterocycles. The fourth-order valence-corrected chi connectivity index (χ4v) is 11.2. The number of methoxy groups -OCH3 is 2. The number of likely N-dealkylation sites (tertiary alicyclic amines) is 1. The summed E-state index contributed by atoms with van der Waals surface area (Å²) in [5.41, 5.74) is 4.14. The van der Waals surface area contributed by atoms with Crippen LogP contribution >= 0.6 is 0 Å². The topological polar surface area (TPSA) is 209 Å². The molecular formula is C50H58F2N8O8S. The number of hydrogen-bond acceptors (Lipinski definition) is 10. The molecule has 3 aliphatic carbocycles. The molecule has 5 aromatic rings. The van der Waals surface area contributed by atoms with Gasteiger partial charge in [0, 0.05) is 35.5 Å². The second kappa shape index (κ2) is 18.2. The van der Waals surface area contributed by atoms with E-state index in [2.05, 4.69) is 32.5 Å². The first-order valence-electron chi connectivity index (χ1n) is 23.5. The molecule has 5 atom stereocenters. The van der Waals surface area contributed by atoms with Crippen molar-refractivity contribution in [1.82, 2.24) is 40.4 Å². The van der Waals surface area contributed by atoms with Crippen molar-refractivity contribution in [3.05, 3.63) is 83.6 Å². The van der Waals surface area contributed by atoms with Gasteiger partial charge in [0.25, 0.3) is 5.92 Å². The zero-order valence-electron chi connectivity index (χ0n) is 39.5. The van der Waals surface area contributed by atoms with Crippen LogP contribution in [0.3, 0.4) is 0 Å². The lowest BCUT2D eigenvalue weighted by atomic mass is 9.98. The maximum absolute atomic E-state index is 16.7. The van der Waals surface area contributed by atoms with Crippen LogP contribution < -0.4 is 10.6 Å². The van der Waals surface area contributed by atoms with Crippen LogP contribution in [0.1, 0.15) is 94.5 Å². The maximum atomic E-state index is 16.7. The number of fused-ring (bicyclic) bond motifs is 4. The minimum atomic E-state index is -3.45. The third kappa shape index (κ3) is 9.53. The first-order valence-corrected chi connectivity index (χ1v) is 25.5. The molecule has 366 valence electrons. The maximum Gasteiger partial charge on any atom is 0.407 e. The number of aromatic amines is 2. The Morgan fingerprint density at radius 3 is 2.20 bits per heavy atom. The van der Waals surface area contributed by atoms with Crippen LogP contribution in [0.15, 0.2) is 60.8 Å². The predicted molar refractivity (Wildman–Crippen MR) is 253 cm³/mol. The second-order valence-corrected chi connectivity index (χ2v) is 22.1. The van der Waals surface area contributed by atoms with Gasteiger partial charge in [-0.3, -0.25) is 9.59 Å². The van der Waals surface area contributed by atoms with E-state index in [0.717, 1.165) is 38.4 Å². The molecule has 2 saturated carbocycles. The van der Waals surface area contributed by atoms with Crippen molar-refractivity contribution < 1.29 is 45.9 Å². The Kier molecular flexibility index (Phi) is 12.6. The van der Waals surface area contributed by atoms with Crippen LogP contribution in [0.5, 0.6) is 0 Å². The molecule has 0 unspecified atom stereocenters. The third-order valence-electron chi connectivity index (χ3n) is 14.5. The van der Waals surface area contributed by atoms with E-state index < -0.39 is 45.9 Å². The van der Waals surface area contributed by atoms with Gasteiger partial charge in [0.2, 0.25) is 11.8 Å². The SMILES string of the molecule is COC(=O)N[C@@H](CCS(C)(=O)=O)C(=O)N(Cc1nc2ccc(-c3ccc4c(c3)C(F)(F)c3cc(-c5cnc([C@@H]6CC7(CC7)CN6C(=O)[C@@H](NC(=O)OC)C(C)C)[nH]5)ccc3-4)cc2[nH]1)[C@@H]1CC[C@H](C)C1. The fourth-order valence-electron chi connectivity index (χ4n) is 10.5. The van der Waals surface area contributed by atoms with Crippen molar-refractivity contribution in [3.63, 3.8) is 0 Å². The summed E-state index contributed by atoms with van der Waals surface area (Å²) in [6.45, 7) is 6.44. The lowest BCUT2D eigenvalue weighted by Crippen LogP contribution is -2.51. The number of halogens is 2. The summed E-state index contributed by atoms with van der Waals surface area (Å²) in [6.07, 6.45) is 6.07. The van der Waals surface area contributed by atoms with Gasteiger partial charge in [-0.25, -0.2) is 28.0 Å². The number of rotatable bonds is 14. The average molecular weight is 969 g/mol. The number of carbonyl (C=O) groups is 4. The Morgan fingerprint density at radius 1 is 0.913 bits per heavy atom. The molecule has 16 nitrogen and oxygen atoms in total. The number of nitrogens with one attached hydrogen (secondary N) is 4. The number of nitrogens with zero attached hydrogens (tertiary/aromatic N) is 4. The van der Waals surface area contributed by atoms with Crippen LogP contribution in [0.2, 0.25) is 0 Å². The van der Waals surface area contributed by atoms with Crippen LogP contribution in [-0.4, -0.2) is 113 Å². The number of benzene rings is 3. The van der Waals surface area contributed by atoms with Crippen molar-refractivity contribution in [2.75, 3.05) is 32.8 Å². The van der Waals surface area contributed by atoms with Gasteiger partial charge in [-0.05, 0) is 109 Å². The third-order valence-corrected chi connectivity index (χ3v) is 15.5. The molecule has 4 aliphatic rings. The minimum absolute atomic E-state index is 0.00713. The van der Waals surface area contributed by atoms with E-state index in [1.54, 1.807) is 40.3 Å². The largest absolute Gasteiger partial charge is 0.453 e. The summed E-state index contributed by atoms with van der Waals surface area (Å²) >= 11 is 0. The van der Waals surface area contributed by atoms with Crippen LogP contribution in [0, 0.1) is 17.3 Å².